The van der Waals surface area contributed by atoms with Gasteiger partial charge in [-0.25, -0.2) is 0 Å². The smallest absolute Gasteiger partial charge is 0.250 e. The van der Waals surface area contributed by atoms with Crippen LogP contribution in [0.2, 0.25) is 0 Å². The fraction of sp³-hybridized carbons (Fsp3) is 0.273. The molecular formula is C22H23N7OS. The van der Waals surface area contributed by atoms with Gasteiger partial charge in [0.25, 0.3) is 0 Å². The first-order valence-electron chi connectivity index (χ1n) is 10.3. The molecule has 0 fully saturated rings. The predicted molar refractivity (Wildman–Crippen MR) is 121 cm³/mol. The SMILES string of the molecule is CCCC(=O)n1nnnc1-c1ccccc1-c1ccc(CNc2nnc(CC)s2)cc1. The van der Waals surface area contributed by atoms with Gasteiger partial charge in [0.15, 0.2) is 5.82 Å². The number of nitrogens with zero attached hydrogens (tertiary/aromatic N) is 6. The first-order valence-corrected chi connectivity index (χ1v) is 11.1. The number of rotatable bonds is 8. The summed E-state index contributed by atoms with van der Waals surface area (Å²) < 4.78 is 1.30. The van der Waals surface area contributed by atoms with Gasteiger partial charge < -0.3 is 5.32 Å². The zero-order valence-corrected chi connectivity index (χ0v) is 18.3. The maximum atomic E-state index is 12.4. The first-order chi connectivity index (χ1) is 15.2. The van der Waals surface area contributed by atoms with Crippen molar-refractivity contribution in [3.05, 3.63) is 59.1 Å². The number of aryl methyl sites for hydroxylation is 1. The molecule has 4 aromatic rings. The van der Waals surface area contributed by atoms with E-state index < -0.39 is 0 Å². The van der Waals surface area contributed by atoms with Crippen LogP contribution in [0, 0.1) is 0 Å². The minimum absolute atomic E-state index is 0.110. The summed E-state index contributed by atoms with van der Waals surface area (Å²) in [5.74, 6) is 0.351. The third kappa shape index (κ3) is 4.66. The molecule has 0 spiro atoms. The summed E-state index contributed by atoms with van der Waals surface area (Å²) in [6, 6.07) is 16.1. The molecule has 8 nitrogen and oxygen atoms in total. The molecule has 0 atom stereocenters. The predicted octanol–water partition coefficient (Wildman–Crippen LogP) is 4.47. The lowest BCUT2D eigenvalue weighted by Gasteiger charge is -2.10. The average Bonchev–Trinajstić information content (AvgIpc) is 3.48. The number of hydrogen-bond acceptors (Lipinski definition) is 8. The van der Waals surface area contributed by atoms with Crippen LogP contribution in [0.1, 0.15) is 42.1 Å². The highest BCUT2D eigenvalue weighted by atomic mass is 32.1. The molecule has 1 N–H and O–H groups in total. The van der Waals surface area contributed by atoms with Crippen molar-refractivity contribution >= 4 is 22.4 Å². The Labute approximate surface area is 184 Å². The van der Waals surface area contributed by atoms with E-state index in [1.165, 1.54) is 4.68 Å². The van der Waals surface area contributed by atoms with Gasteiger partial charge in [0.2, 0.25) is 11.0 Å². The zero-order valence-electron chi connectivity index (χ0n) is 17.4. The van der Waals surface area contributed by atoms with E-state index in [0.717, 1.165) is 45.2 Å². The van der Waals surface area contributed by atoms with Crippen LogP contribution in [0.5, 0.6) is 0 Å². The van der Waals surface area contributed by atoms with Gasteiger partial charge in [0, 0.05) is 18.5 Å². The molecule has 4 rings (SSSR count). The highest BCUT2D eigenvalue weighted by Crippen LogP contribution is 2.31. The molecule has 0 bridgehead atoms. The van der Waals surface area contributed by atoms with Crippen LogP contribution in [0.4, 0.5) is 5.13 Å². The molecule has 0 radical (unpaired) electrons. The van der Waals surface area contributed by atoms with Gasteiger partial charge in [-0.05, 0) is 40.0 Å². The molecule has 9 heteroatoms. The van der Waals surface area contributed by atoms with Gasteiger partial charge in [-0.1, -0.05) is 73.7 Å². The van der Waals surface area contributed by atoms with Gasteiger partial charge in [-0.3, -0.25) is 4.79 Å². The Kier molecular flexibility index (Phi) is 6.42. The molecule has 2 heterocycles. The Morgan fingerprint density at radius 3 is 2.48 bits per heavy atom. The maximum Gasteiger partial charge on any atom is 0.250 e. The van der Waals surface area contributed by atoms with Gasteiger partial charge >= 0.3 is 0 Å². The van der Waals surface area contributed by atoms with E-state index in [1.807, 2.05) is 31.2 Å². The topological polar surface area (TPSA) is 98.5 Å². The highest BCUT2D eigenvalue weighted by Gasteiger charge is 2.18. The second-order valence-corrected chi connectivity index (χ2v) is 8.07. The summed E-state index contributed by atoms with van der Waals surface area (Å²) in [5, 5.41) is 25.2. The molecule has 0 unspecified atom stereocenters. The van der Waals surface area contributed by atoms with Crippen LogP contribution >= 0.6 is 11.3 Å². The van der Waals surface area contributed by atoms with Crippen LogP contribution in [0.25, 0.3) is 22.5 Å². The lowest BCUT2D eigenvalue weighted by molar-refractivity contribution is 0.0885. The third-order valence-electron chi connectivity index (χ3n) is 4.82. The zero-order chi connectivity index (χ0) is 21.6. The van der Waals surface area contributed by atoms with Crippen LogP contribution in [-0.2, 0) is 13.0 Å². The fourth-order valence-electron chi connectivity index (χ4n) is 3.22. The Morgan fingerprint density at radius 1 is 1.00 bits per heavy atom. The minimum atomic E-state index is -0.110. The molecule has 158 valence electrons. The maximum absolute atomic E-state index is 12.4. The van der Waals surface area contributed by atoms with Crippen molar-refractivity contribution in [3.8, 4) is 22.5 Å². The Bertz CT molecular complexity index is 1170. The molecule has 0 aliphatic carbocycles. The number of carbonyl (C=O) groups is 1. The molecule has 0 aliphatic heterocycles. The lowest BCUT2D eigenvalue weighted by atomic mass is 9.98. The summed E-state index contributed by atoms with van der Waals surface area (Å²) in [6.07, 6.45) is 2.03. The van der Waals surface area contributed by atoms with E-state index in [2.05, 4.69) is 62.2 Å². The molecule has 0 saturated carbocycles. The minimum Gasteiger partial charge on any atom is -0.356 e. The summed E-state index contributed by atoms with van der Waals surface area (Å²) in [6.45, 7) is 4.70. The quantitative estimate of drug-likeness (QED) is 0.409. The monoisotopic (exact) mass is 433 g/mol. The Balaban J connectivity index is 1.56. The van der Waals surface area contributed by atoms with Crippen molar-refractivity contribution in [2.45, 2.75) is 39.7 Å². The number of aromatic nitrogens is 6. The van der Waals surface area contributed by atoms with Crippen LogP contribution < -0.4 is 5.32 Å². The van der Waals surface area contributed by atoms with Crippen molar-refractivity contribution in [1.82, 2.24) is 30.4 Å². The second-order valence-electron chi connectivity index (χ2n) is 7.01. The van der Waals surface area contributed by atoms with Crippen LogP contribution in [0.15, 0.2) is 48.5 Å². The molecule has 0 aliphatic rings. The van der Waals surface area contributed by atoms with Crippen molar-refractivity contribution in [2.75, 3.05) is 5.32 Å². The fourth-order valence-corrected chi connectivity index (χ4v) is 3.90. The molecule has 0 saturated heterocycles. The summed E-state index contributed by atoms with van der Waals surface area (Å²) in [5.41, 5.74) is 3.96. The van der Waals surface area contributed by atoms with E-state index in [9.17, 15) is 4.79 Å². The van der Waals surface area contributed by atoms with Crippen LogP contribution in [0.3, 0.4) is 0 Å². The third-order valence-corrected chi connectivity index (χ3v) is 5.84. The van der Waals surface area contributed by atoms with E-state index in [0.29, 0.717) is 18.8 Å². The molecular weight excluding hydrogens is 410 g/mol. The first kappa shape index (κ1) is 20.8. The molecule has 2 aromatic carbocycles. The number of hydrogen-bond donors (Lipinski definition) is 1. The normalized spacial score (nSPS) is 10.9. The van der Waals surface area contributed by atoms with E-state index in [1.54, 1.807) is 11.3 Å². The van der Waals surface area contributed by atoms with Gasteiger partial charge in [0.1, 0.15) is 5.01 Å². The largest absolute Gasteiger partial charge is 0.356 e. The summed E-state index contributed by atoms with van der Waals surface area (Å²) in [4.78, 5) is 12.4. The summed E-state index contributed by atoms with van der Waals surface area (Å²) in [7, 11) is 0. The standard InChI is InChI=1S/C22H23N7OS/c1-3-7-20(30)29-21(25-27-28-29)18-9-6-5-8-17(18)16-12-10-15(11-13-16)14-23-22-26-24-19(4-2)31-22/h5-6,8-13H,3-4,7,14H2,1-2H3,(H,23,26). The number of benzene rings is 2. The van der Waals surface area contributed by atoms with E-state index >= 15 is 0 Å². The Morgan fingerprint density at radius 2 is 1.77 bits per heavy atom. The van der Waals surface area contributed by atoms with Crippen molar-refractivity contribution in [1.29, 1.82) is 0 Å². The van der Waals surface area contributed by atoms with E-state index in [-0.39, 0.29) is 5.91 Å². The van der Waals surface area contributed by atoms with Gasteiger partial charge in [0.05, 0.1) is 0 Å². The number of anilines is 1. The summed E-state index contributed by atoms with van der Waals surface area (Å²) >= 11 is 1.58. The Hall–Kier alpha value is -3.46. The molecule has 2 aromatic heterocycles. The van der Waals surface area contributed by atoms with E-state index in [4.69, 9.17) is 0 Å². The van der Waals surface area contributed by atoms with Crippen molar-refractivity contribution in [2.24, 2.45) is 0 Å². The van der Waals surface area contributed by atoms with Crippen LogP contribution in [-0.4, -0.2) is 36.3 Å². The van der Waals surface area contributed by atoms with Crippen molar-refractivity contribution in [3.63, 3.8) is 0 Å². The number of nitrogens with one attached hydrogen (secondary N) is 1. The van der Waals surface area contributed by atoms with Gasteiger partial charge in [-0.2, -0.15) is 4.68 Å². The molecule has 31 heavy (non-hydrogen) atoms. The van der Waals surface area contributed by atoms with Gasteiger partial charge in [-0.15, -0.1) is 15.3 Å². The lowest BCUT2D eigenvalue weighted by Crippen LogP contribution is -2.13. The van der Waals surface area contributed by atoms with Crippen molar-refractivity contribution < 1.29 is 4.79 Å². The second kappa shape index (κ2) is 9.57. The average molecular weight is 434 g/mol. The molecule has 0 amide bonds. The number of tetrazole rings is 1. The highest BCUT2D eigenvalue weighted by molar-refractivity contribution is 7.15. The number of carbonyl (C=O) groups excluding carboxylic acids is 1.